The Morgan fingerprint density at radius 3 is 2.64 bits per heavy atom. The lowest BCUT2D eigenvalue weighted by Gasteiger charge is -2.18. The lowest BCUT2D eigenvalue weighted by atomic mass is 10.1. The van der Waals surface area contributed by atoms with Gasteiger partial charge >= 0.3 is 0 Å². The van der Waals surface area contributed by atoms with Crippen LogP contribution in [0.3, 0.4) is 0 Å². The number of hydrogen-bond donors (Lipinski definition) is 1. The Balaban J connectivity index is 1.80. The van der Waals surface area contributed by atoms with Gasteiger partial charge in [0, 0.05) is 43.7 Å². The molecule has 0 spiro atoms. The maximum Gasteiger partial charge on any atom is 0.219 e. The second-order valence-corrected chi connectivity index (χ2v) is 6.37. The molecule has 0 unspecified atom stereocenters. The molecule has 2 aromatic carbocycles. The van der Waals surface area contributed by atoms with Crippen LogP contribution in [-0.2, 0) is 17.9 Å². The first-order valence-electron chi connectivity index (χ1n) is 8.12. The molecule has 128 valence electrons. The number of aromatic nitrogens is 1. The van der Waals surface area contributed by atoms with Crippen molar-refractivity contribution < 1.29 is 4.79 Å². The van der Waals surface area contributed by atoms with Crippen LogP contribution >= 0.6 is 11.6 Å². The van der Waals surface area contributed by atoms with Gasteiger partial charge in [-0.15, -0.1) is 0 Å². The van der Waals surface area contributed by atoms with Gasteiger partial charge in [-0.1, -0.05) is 48.0 Å². The van der Waals surface area contributed by atoms with E-state index in [1.54, 1.807) is 18.9 Å². The average Bonchev–Trinajstić information content (AvgIpc) is 2.61. The van der Waals surface area contributed by atoms with Gasteiger partial charge in [0.2, 0.25) is 5.91 Å². The van der Waals surface area contributed by atoms with Gasteiger partial charge in [0.1, 0.15) is 5.15 Å². The number of carbonyl (C=O) groups is 1. The van der Waals surface area contributed by atoms with Gasteiger partial charge in [0.25, 0.3) is 0 Å². The Morgan fingerprint density at radius 2 is 1.84 bits per heavy atom. The molecule has 3 aromatic rings. The van der Waals surface area contributed by atoms with E-state index in [1.165, 1.54) is 0 Å². The van der Waals surface area contributed by atoms with Crippen molar-refractivity contribution in [3.63, 3.8) is 0 Å². The van der Waals surface area contributed by atoms with Crippen molar-refractivity contribution in [3.05, 3.63) is 70.9 Å². The Labute approximate surface area is 152 Å². The van der Waals surface area contributed by atoms with Crippen molar-refractivity contribution in [1.82, 2.24) is 9.88 Å². The van der Waals surface area contributed by atoms with Crippen LogP contribution in [0, 0.1) is 0 Å². The second-order valence-electron chi connectivity index (χ2n) is 6.02. The number of rotatable bonds is 5. The number of para-hydroxylation sites is 2. The summed E-state index contributed by atoms with van der Waals surface area (Å²) in [6.45, 7) is 2.69. The minimum absolute atomic E-state index is 0.0385. The monoisotopic (exact) mass is 353 g/mol. The Hall–Kier alpha value is -2.59. The first kappa shape index (κ1) is 17.2. The second kappa shape index (κ2) is 7.53. The van der Waals surface area contributed by atoms with Gasteiger partial charge in [0.15, 0.2) is 0 Å². The van der Waals surface area contributed by atoms with Crippen LogP contribution in [0.15, 0.2) is 54.6 Å². The zero-order valence-electron chi connectivity index (χ0n) is 14.3. The largest absolute Gasteiger partial charge is 0.381 e. The van der Waals surface area contributed by atoms with Crippen LogP contribution in [0.25, 0.3) is 10.9 Å². The van der Waals surface area contributed by atoms with Crippen molar-refractivity contribution in [1.29, 1.82) is 0 Å². The quantitative estimate of drug-likeness (QED) is 0.688. The minimum atomic E-state index is 0.0385. The summed E-state index contributed by atoms with van der Waals surface area (Å²) in [4.78, 5) is 17.6. The van der Waals surface area contributed by atoms with E-state index < -0.39 is 0 Å². The minimum Gasteiger partial charge on any atom is -0.381 e. The van der Waals surface area contributed by atoms with Gasteiger partial charge in [-0.2, -0.15) is 0 Å². The number of hydrogen-bond acceptors (Lipinski definition) is 3. The molecular weight excluding hydrogens is 334 g/mol. The molecule has 0 saturated heterocycles. The van der Waals surface area contributed by atoms with Crippen LogP contribution < -0.4 is 5.32 Å². The van der Waals surface area contributed by atoms with E-state index in [0.29, 0.717) is 18.2 Å². The Kier molecular flexibility index (Phi) is 5.19. The van der Waals surface area contributed by atoms with Crippen molar-refractivity contribution in [2.45, 2.75) is 20.0 Å². The van der Waals surface area contributed by atoms with E-state index in [-0.39, 0.29) is 5.91 Å². The summed E-state index contributed by atoms with van der Waals surface area (Å²) in [6, 6.07) is 17.9. The highest BCUT2D eigenvalue weighted by atomic mass is 35.5. The zero-order valence-corrected chi connectivity index (χ0v) is 15.0. The van der Waals surface area contributed by atoms with Gasteiger partial charge in [0.05, 0.1) is 5.52 Å². The van der Waals surface area contributed by atoms with Gasteiger partial charge in [-0.25, -0.2) is 4.98 Å². The zero-order chi connectivity index (χ0) is 17.8. The molecule has 3 rings (SSSR count). The van der Waals surface area contributed by atoms with Crippen LogP contribution in [0.2, 0.25) is 5.15 Å². The fraction of sp³-hybridized carbons (Fsp3) is 0.200. The standard InChI is InChI=1S/C20H20ClN3O/c1-14(25)24(2)13-16-8-4-5-9-18(16)22-12-17-11-15-7-3-6-10-19(15)23-20(17)21/h3-11,22H,12-13H2,1-2H3. The predicted molar refractivity (Wildman–Crippen MR) is 103 cm³/mol. The molecule has 0 saturated carbocycles. The van der Waals surface area contributed by atoms with E-state index >= 15 is 0 Å². The fourth-order valence-electron chi connectivity index (χ4n) is 2.65. The SMILES string of the molecule is CC(=O)N(C)Cc1ccccc1NCc1cc2ccccc2nc1Cl. The third-order valence-electron chi connectivity index (χ3n) is 4.18. The molecule has 0 fully saturated rings. The van der Waals surface area contributed by atoms with E-state index in [4.69, 9.17) is 11.6 Å². The predicted octanol–water partition coefficient (Wildman–Crippen LogP) is 4.48. The third-order valence-corrected chi connectivity index (χ3v) is 4.51. The van der Waals surface area contributed by atoms with Gasteiger partial charge < -0.3 is 10.2 Å². The van der Waals surface area contributed by atoms with Gasteiger partial charge in [-0.05, 0) is 23.8 Å². The van der Waals surface area contributed by atoms with Crippen LogP contribution in [0.5, 0.6) is 0 Å². The molecule has 0 aliphatic rings. The molecule has 1 amide bonds. The number of nitrogens with one attached hydrogen (secondary N) is 1. The van der Waals surface area contributed by atoms with Gasteiger partial charge in [-0.3, -0.25) is 4.79 Å². The number of fused-ring (bicyclic) bond motifs is 1. The Bertz CT molecular complexity index is 910. The fourth-order valence-corrected chi connectivity index (χ4v) is 2.86. The molecule has 1 N–H and O–H groups in total. The molecule has 1 aromatic heterocycles. The molecule has 1 heterocycles. The summed E-state index contributed by atoms with van der Waals surface area (Å²) in [5, 5.41) is 4.98. The number of benzene rings is 2. The van der Waals surface area contributed by atoms with Crippen LogP contribution in [0.1, 0.15) is 18.1 Å². The number of anilines is 1. The Morgan fingerprint density at radius 1 is 1.12 bits per heavy atom. The van der Waals surface area contributed by atoms with E-state index in [2.05, 4.69) is 16.4 Å². The highest BCUT2D eigenvalue weighted by Crippen LogP contribution is 2.23. The molecule has 0 aliphatic carbocycles. The normalized spacial score (nSPS) is 10.7. The van der Waals surface area contributed by atoms with Crippen molar-refractivity contribution in [3.8, 4) is 0 Å². The molecule has 4 nitrogen and oxygen atoms in total. The van der Waals surface area contributed by atoms with E-state index in [0.717, 1.165) is 27.7 Å². The first-order chi connectivity index (χ1) is 12.0. The molecule has 0 aliphatic heterocycles. The van der Waals surface area contributed by atoms with Crippen molar-refractivity contribution in [2.75, 3.05) is 12.4 Å². The highest BCUT2D eigenvalue weighted by Gasteiger charge is 2.09. The van der Waals surface area contributed by atoms with Crippen molar-refractivity contribution in [2.24, 2.45) is 0 Å². The number of nitrogens with zero attached hydrogens (tertiary/aromatic N) is 2. The topological polar surface area (TPSA) is 45.2 Å². The lowest BCUT2D eigenvalue weighted by Crippen LogP contribution is -2.23. The van der Waals surface area contributed by atoms with E-state index in [9.17, 15) is 4.79 Å². The molecule has 5 heteroatoms. The smallest absolute Gasteiger partial charge is 0.219 e. The third kappa shape index (κ3) is 4.09. The average molecular weight is 354 g/mol. The molecule has 0 bridgehead atoms. The number of pyridine rings is 1. The molecule has 25 heavy (non-hydrogen) atoms. The summed E-state index contributed by atoms with van der Waals surface area (Å²) in [7, 11) is 1.79. The maximum absolute atomic E-state index is 11.5. The molecule has 0 radical (unpaired) electrons. The summed E-state index contributed by atoms with van der Waals surface area (Å²) in [5.74, 6) is 0.0385. The summed E-state index contributed by atoms with van der Waals surface area (Å²) < 4.78 is 0. The molecular formula is C20H20ClN3O. The number of halogens is 1. The maximum atomic E-state index is 11.5. The van der Waals surface area contributed by atoms with E-state index in [1.807, 2.05) is 48.5 Å². The summed E-state index contributed by atoms with van der Waals surface area (Å²) >= 11 is 6.33. The van der Waals surface area contributed by atoms with Crippen LogP contribution in [-0.4, -0.2) is 22.8 Å². The van der Waals surface area contributed by atoms with Crippen molar-refractivity contribution >= 4 is 34.1 Å². The molecule has 0 atom stereocenters. The summed E-state index contributed by atoms with van der Waals surface area (Å²) in [5.41, 5.74) is 3.87. The highest BCUT2D eigenvalue weighted by molar-refractivity contribution is 6.30. The first-order valence-corrected chi connectivity index (χ1v) is 8.50. The lowest BCUT2D eigenvalue weighted by molar-refractivity contribution is -0.128. The van der Waals surface area contributed by atoms with Crippen LogP contribution in [0.4, 0.5) is 5.69 Å². The summed E-state index contributed by atoms with van der Waals surface area (Å²) in [6.07, 6.45) is 0. The number of carbonyl (C=O) groups excluding carboxylic acids is 1. The number of amides is 1.